The Morgan fingerprint density at radius 2 is 2.05 bits per heavy atom. The number of ether oxygens (including phenoxy) is 1. The van der Waals surface area contributed by atoms with E-state index >= 15 is 0 Å². The molecule has 0 amide bonds. The van der Waals surface area contributed by atoms with E-state index in [1.165, 1.54) is 6.07 Å². The molecule has 2 aromatic rings. The number of oxime groups is 1. The normalized spacial score (nSPS) is 15.1. The van der Waals surface area contributed by atoms with Crippen LogP contribution in [0.15, 0.2) is 32.6 Å². The molecule has 0 spiro atoms. The van der Waals surface area contributed by atoms with Crippen LogP contribution in [-0.2, 0) is 9.63 Å². The molecule has 7 nitrogen and oxygen atoms in total. The summed E-state index contributed by atoms with van der Waals surface area (Å²) in [4.78, 5) is 38.8. The first kappa shape index (κ1) is 13.0. The van der Waals surface area contributed by atoms with Gasteiger partial charge in [-0.05, 0) is 29.8 Å². The highest BCUT2D eigenvalue weighted by Crippen LogP contribution is 2.33. The molecule has 1 aromatic heterocycles. The van der Waals surface area contributed by atoms with E-state index in [4.69, 9.17) is 9.15 Å². The standard InChI is InChI=1S/C14H9NO6/c1-6-5-10(17)20-13-8(6)3-4-9-11(13)12(18)14(19-9)15-21-7(2)16/h3-5H,1-2H3/b15-14-. The highest BCUT2D eigenvalue weighted by Gasteiger charge is 2.33. The van der Waals surface area contributed by atoms with Crippen molar-refractivity contribution in [3.63, 3.8) is 0 Å². The molecule has 0 saturated carbocycles. The van der Waals surface area contributed by atoms with Gasteiger partial charge in [-0.2, -0.15) is 0 Å². The highest BCUT2D eigenvalue weighted by atomic mass is 16.7. The topological polar surface area (TPSA) is 95.2 Å². The Hall–Kier alpha value is -2.96. The third-order valence-corrected chi connectivity index (χ3v) is 2.97. The Balaban J connectivity index is 2.20. The summed E-state index contributed by atoms with van der Waals surface area (Å²) in [6.45, 7) is 2.88. The van der Waals surface area contributed by atoms with E-state index in [2.05, 4.69) is 9.99 Å². The first-order chi connectivity index (χ1) is 9.97. The maximum atomic E-state index is 12.2. The van der Waals surface area contributed by atoms with E-state index < -0.39 is 17.4 Å². The van der Waals surface area contributed by atoms with Gasteiger partial charge >= 0.3 is 17.5 Å². The zero-order chi connectivity index (χ0) is 15.1. The Morgan fingerprint density at radius 3 is 2.76 bits per heavy atom. The summed E-state index contributed by atoms with van der Waals surface area (Å²) in [5, 5.41) is 3.97. The van der Waals surface area contributed by atoms with Crippen LogP contribution in [0, 0.1) is 6.92 Å². The van der Waals surface area contributed by atoms with Crippen LogP contribution < -0.4 is 10.4 Å². The molecule has 0 N–H and O–H groups in total. The van der Waals surface area contributed by atoms with Gasteiger partial charge in [-0.1, -0.05) is 0 Å². The van der Waals surface area contributed by atoms with Crippen LogP contribution in [0.4, 0.5) is 0 Å². The van der Waals surface area contributed by atoms with Gasteiger partial charge in [0, 0.05) is 18.4 Å². The summed E-state index contributed by atoms with van der Waals surface area (Å²) < 4.78 is 10.3. The lowest BCUT2D eigenvalue weighted by atomic mass is 10.0. The number of carbonyl (C=O) groups is 2. The molecule has 0 unspecified atom stereocenters. The zero-order valence-corrected chi connectivity index (χ0v) is 11.1. The number of nitrogens with zero attached hydrogens (tertiary/aromatic N) is 1. The molecule has 0 bridgehead atoms. The maximum Gasteiger partial charge on any atom is 0.336 e. The van der Waals surface area contributed by atoms with Crippen molar-refractivity contribution in [3.05, 3.63) is 39.7 Å². The maximum absolute atomic E-state index is 12.2. The van der Waals surface area contributed by atoms with Gasteiger partial charge in [0.1, 0.15) is 11.3 Å². The van der Waals surface area contributed by atoms with Crippen molar-refractivity contribution in [2.45, 2.75) is 13.8 Å². The molecule has 1 aliphatic heterocycles. The van der Waals surface area contributed by atoms with E-state index in [9.17, 15) is 14.4 Å². The third-order valence-electron chi connectivity index (χ3n) is 2.97. The van der Waals surface area contributed by atoms with Crippen molar-refractivity contribution < 1.29 is 23.6 Å². The van der Waals surface area contributed by atoms with Crippen molar-refractivity contribution in [1.82, 2.24) is 0 Å². The summed E-state index contributed by atoms with van der Waals surface area (Å²) in [6.07, 6.45) is 0. The van der Waals surface area contributed by atoms with Gasteiger partial charge in [0.2, 0.25) is 0 Å². The average Bonchev–Trinajstić information content (AvgIpc) is 2.73. The molecule has 1 aliphatic rings. The number of Topliss-reactive ketones (excluding diaryl/α,β-unsaturated/α-hetero) is 1. The minimum Gasteiger partial charge on any atom is -0.433 e. The van der Waals surface area contributed by atoms with Crippen LogP contribution >= 0.6 is 0 Å². The SMILES string of the molecule is CC(=O)O/N=C1\Oc2ccc3c(C)cc(=O)oc3c2C1=O. The molecular weight excluding hydrogens is 278 g/mol. The Bertz CT molecular complexity index is 877. The summed E-state index contributed by atoms with van der Waals surface area (Å²) in [5.74, 6) is -1.46. The van der Waals surface area contributed by atoms with Crippen molar-refractivity contribution in [1.29, 1.82) is 0 Å². The molecule has 1 aromatic carbocycles. The van der Waals surface area contributed by atoms with Gasteiger partial charge in [-0.3, -0.25) is 4.79 Å². The highest BCUT2D eigenvalue weighted by molar-refractivity contribution is 6.48. The smallest absolute Gasteiger partial charge is 0.336 e. The quantitative estimate of drug-likeness (QED) is 0.448. The second-order valence-electron chi connectivity index (χ2n) is 4.47. The number of aryl methyl sites for hydroxylation is 1. The van der Waals surface area contributed by atoms with Crippen LogP contribution in [0.1, 0.15) is 22.8 Å². The third kappa shape index (κ3) is 2.08. The number of benzene rings is 1. The fraction of sp³-hybridized carbons (Fsp3) is 0.143. The summed E-state index contributed by atoms with van der Waals surface area (Å²) in [5.41, 5.74) is 0.350. The number of rotatable bonds is 1. The molecule has 0 fully saturated rings. The average molecular weight is 287 g/mol. The molecule has 21 heavy (non-hydrogen) atoms. The van der Waals surface area contributed by atoms with Crippen LogP contribution in [0.2, 0.25) is 0 Å². The minimum absolute atomic E-state index is 0.0965. The van der Waals surface area contributed by atoms with Gasteiger partial charge in [0.05, 0.1) is 0 Å². The first-order valence-corrected chi connectivity index (χ1v) is 6.03. The lowest BCUT2D eigenvalue weighted by molar-refractivity contribution is -0.141. The predicted molar refractivity (Wildman–Crippen MR) is 71.4 cm³/mol. The van der Waals surface area contributed by atoms with Crippen molar-refractivity contribution >= 4 is 28.6 Å². The molecule has 0 saturated heterocycles. The Labute approximate surface area is 117 Å². The molecule has 106 valence electrons. The number of carbonyl (C=O) groups excluding carboxylic acids is 2. The number of ketones is 1. The Kier molecular flexibility index (Phi) is 2.83. The summed E-state index contributed by atoms with van der Waals surface area (Å²) in [7, 11) is 0. The van der Waals surface area contributed by atoms with Crippen LogP contribution in [0.25, 0.3) is 11.0 Å². The molecule has 2 heterocycles. The zero-order valence-electron chi connectivity index (χ0n) is 11.1. The van der Waals surface area contributed by atoms with Crippen LogP contribution in [0.5, 0.6) is 5.75 Å². The summed E-state index contributed by atoms with van der Waals surface area (Å²) >= 11 is 0. The largest absolute Gasteiger partial charge is 0.433 e. The van der Waals surface area contributed by atoms with Gasteiger partial charge in [0.15, 0.2) is 5.58 Å². The number of hydrogen-bond acceptors (Lipinski definition) is 7. The minimum atomic E-state index is -0.679. The summed E-state index contributed by atoms with van der Waals surface area (Å²) in [6, 6.07) is 4.58. The Morgan fingerprint density at radius 1 is 1.29 bits per heavy atom. The fourth-order valence-electron chi connectivity index (χ4n) is 2.09. The van der Waals surface area contributed by atoms with Crippen molar-refractivity contribution in [2.24, 2.45) is 5.16 Å². The van der Waals surface area contributed by atoms with Crippen molar-refractivity contribution in [3.8, 4) is 5.75 Å². The van der Waals surface area contributed by atoms with E-state index in [-0.39, 0.29) is 22.8 Å². The van der Waals surface area contributed by atoms with Gasteiger partial charge in [0.25, 0.3) is 5.78 Å². The van der Waals surface area contributed by atoms with Gasteiger partial charge in [-0.15, -0.1) is 0 Å². The van der Waals surface area contributed by atoms with Gasteiger partial charge < -0.3 is 14.0 Å². The molecular formula is C14H9NO6. The number of hydrogen-bond donors (Lipinski definition) is 0. The van der Waals surface area contributed by atoms with E-state index in [0.717, 1.165) is 6.92 Å². The molecule has 3 rings (SSSR count). The van der Waals surface area contributed by atoms with E-state index in [1.54, 1.807) is 19.1 Å². The van der Waals surface area contributed by atoms with Crippen LogP contribution in [0.3, 0.4) is 0 Å². The number of fused-ring (bicyclic) bond motifs is 3. The second kappa shape index (κ2) is 4.55. The van der Waals surface area contributed by atoms with Crippen LogP contribution in [-0.4, -0.2) is 17.7 Å². The molecule has 7 heteroatoms. The van der Waals surface area contributed by atoms with E-state index in [0.29, 0.717) is 10.9 Å². The molecule has 0 atom stereocenters. The van der Waals surface area contributed by atoms with Crippen molar-refractivity contribution in [2.75, 3.05) is 0 Å². The fourth-order valence-corrected chi connectivity index (χ4v) is 2.09. The second-order valence-corrected chi connectivity index (χ2v) is 4.47. The lowest BCUT2D eigenvalue weighted by Crippen LogP contribution is -2.14. The predicted octanol–water partition coefficient (Wildman–Crippen LogP) is 1.55. The first-order valence-electron chi connectivity index (χ1n) is 6.03. The lowest BCUT2D eigenvalue weighted by Gasteiger charge is -2.02. The monoisotopic (exact) mass is 287 g/mol. The van der Waals surface area contributed by atoms with Gasteiger partial charge in [-0.25, -0.2) is 9.59 Å². The van der Waals surface area contributed by atoms with E-state index in [1.807, 2.05) is 0 Å². The molecule has 0 radical (unpaired) electrons. The molecule has 0 aliphatic carbocycles.